The van der Waals surface area contributed by atoms with E-state index in [0.717, 1.165) is 28.4 Å². The van der Waals surface area contributed by atoms with Crippen LogP contribution in [0.3, 0.4) is 0 Å². The summed E-state index contributed by atoms with van der Waals surface area (Å²) in [5, 5.41) is 11.5. The van der Waals surface area contributed by atoms with Gasteiger partial charge in [-0.1, -0.05) is 53.7 Å². The Bertz CT molecular complexity index is 1140. The standard InChI is InChI=1S/C25H24N4O3/c1-31-21-12-14-22(15-13-21)32-17-16-26-24(30)18-23-25(19-8-4-2-5-9-19)29(28-27-23)20-10-6-3-7-11-20/h2-15H,16-18H2,1H3,(H,26,30). The van der Waals surface area contributed by atoms with Crippen molar-refractivity contribution in [3.63, 3.8) is 0 Å². The van der Waals surface area contributed by atoms with Crippen LogP contribution in [0.25, 0.3) is 16.9 Å². The fourth-order valence-electron chi connectivity index (χ4n) is 3.31. The summed E-state index contributed by atoms with van der Waals surface area (Å²) >= 11 is 0. The lowest BCUT2D eigenvalue weighted by atomic mass is 10.1. The second-order valence-corrected chi connectivity index (χ2v) is 7.05. The van der Waals surface area contributed by atoms with E-state index in [-0.39, 0.29) is 12.3 Å². The normalized spacial score (nSPS) is 10.5. The van der Waals surface area contributed by atoms with Crippen molar-refractivity contribution >= 4 is 5.91 Å². The first-order valence-electron chi connectivity index (χ1n) is 10.3. The summed E-state index contributed by atoms with van der Waals surface area (Å²) in [5.41, 5.74) is 3.26. The lowest BCUT2D eigenvalue weighted by molar-refractivity contribution is -0.120. The summed E-state index contributed by atoms with van der Waals surface area (Å²) in [7, 11) is 1.62. The number of carbonyl (C=O) groups is 1. The van der Waals surface area contributed by atoms with Crippen molar-refractivity contribution in [1.29, 1.82) is 0 Å². The lowest BCUT2D eigenvalue weighted by Crippen LogP contribution is -2.29. The Hall–Kier alpha value is -4.13. The molecule has 0 saturated heterocycles. The van der Waals surface area contributed by atoms with Crippen LogP contribution in [-0.2, 0) is 11.2 Å². The van der Waals surface area contributed by atoms with Gasteiger partial charge in [-0.3, -0.25) is 4.79 Å². The third-order valence-electron chi connectivity index (χ3n) is 4.87. The Kier molecular flexibility index (Phi) is 6.77. The van der Waals surface area contributed by atoms with E-state index in [1.807, 2.05) is 84.9 Å². The maximum Gasteiger partial charge on any atom is 0.226 e. The van der Waals surface area contributed by atoms with Gasteiger partial charge in [-0.25, -0.2) is 4.68 Å². The quantitative estimate of drug-likeness (QED) is 0.412. The molecule has 7 nitrogen and oxygen atoms in total. The molecule has 0 aliphatic carbocycles. The van der Waals surface area contributed by atoms with E-state index in [9.17, 15) is 4.79 Å². The predicted octanol–water partition coefficient (Wildman–Crippen LogP) is 3.68. The van der Waals surface area contributed by atoms with E-state index in [1.54, 1.807) is 11.8 Å². The van der Waals surface area contributed by atoms with Crippen LogP contribution in [0, 0.1) is 0 Å². The molecule has 0 radical (unpaired) electrons. The highest BCUT2D eigenvalue weighted by Gasteiger charge is 2.18. The first-order valence-corrected chi connectivity index (χ1v) is 10.3. The number of rotatable bonds is 9. The molecule has 1 N–H and O–H groups in total. The molecule has 4 aromatic rings. The van der Waals surface area contributed by atoms with Crippen LogP contribution in [0.2, 0.25) is 0 Å². The molecule has 0 aliphatic heterocycles. The van der Waals surface area contributed by atoms with Gasteiger partial charge in [0, 0.05) is 5.56 Å². The van der Waals surface area contributed by atoms with Gasteiger partial charge in [0.05, 0.1) is 31.5 Å². The summed E-state index contributed by atoms with van der Waals surface area (Å²) in [5.74, 6) is 1.35. The molecule has 1 heterocycles. The highest BCUT2D eigenvalue weighted by molar-refractivity contribution is 5.80. The molecule has 4 rings (SSSR count). The minimum atomic E-state index is -0.138. The van der Waals surface area contributed by atoms with Crippen LogP contribution >= 0.6 is 0 Å². The van der Waals surface area contributed by atoms with Crippen molar-refractivity contribution in [1.82, 2.24) is 20.3 Å². The van der Waals surface area contributed by atoms with Gasteiger partial charge in [0.2, 0.25) is 5.91 Å². The lowest BCUT2D eigenvalue weighted by Gasteiger charge is -2.10. The van der Waals surface area contributed by atoms with Crippen LogP contribution in [0.15, 0.2) is 84.9 Å². The maximum absolute atomic E-state index is 12.6. The molecule has 0 atom stereocenters. The van der Waals surface area contributed by atoms with Crippen molar-refractivity contribution in [2.45, 2.75) is 6.42 Å². The number of nitrogens with one attached hydrogen (secondary N) is 1. The number of nitrogens with zero attached hydrogens (tertiary/aromatic N) is 3. The Labute approximate surface area is 186 Å². The summed E-state index contributed by atoms with van der Waals surface area (Å²) in [6.45, 7) is 0.749. The second kappa shape index (κ2) is 10.3. The van der Waals surface area contributed by atoms with Crippen molar-refractivity contribution in [3.8, 4) is 28.4 Å². The Morgan fingerprint density at radius 1 is 0.906 bits per heavy atom. The number of aromatic nitrogens is 3. The van der Waals surface area contributed by atoms with Gasteiger partial charge in [0.25, 0.3) is 0 Å². The fraction of sp³-hybridized carbons (Fsp3) is 0.160. The van der Waals surface area contributed by atoms with Crippen LogP contribution < -0.4 is 14.8 Å². The van der Waals surface area contributed by atoms with E-state index in [4.69, 9.17) is 9.47 Å². The zero-order valence-electron chi connectivity index (χ0n) is 17.8. The van der Waals surface area contributed by atoms with E-state index in [1.165, 1.54) is 0 Å². The molecular formula is C25H24N4O3. The third-order valence-corrected chi connectivity index (χ3v) is 4.87. The van der Waals surface area contributed by atoms with E-state index in [0.29, 0.717) is 18.8 Å². The minimum Gasteiger partial charge on any atom is -0.497 e. The van der Waals surface area contributed by atoms with E-state index in [2.05, 4.69) is 15.6 Å². The molecule has 0 spiro atoms. The van der Waals surface area contributed by atoms with Crippen LogP contribution in [0.1, 0.15) is 5.69 Å². The molecule has 0 saturated carbocycles. The van der Waals surface area contributed by atoms with Crippen molar-refractivity contribution in [3.05, 3.63) is 90.6 Å². The molecule has 32 heavy (non-hydrogen) atoms. The van der Waals surface area contributed by atoms with Crippen LogP contribution in [0.4, 0.5) is 0 Å². The molecule has 1 amide bonds. The van der Waals surface area contributed by atoms with Crippen molar-refractivity contribution < 1.29 is 14.3 Å². The summed E-state index contributed by atoms with van der Waals surface area (Å²) < 4.78 is 12.6. The zero-order chi connectivity index (χ0) is 22.2. The van der Waals surface area contributed by atoms with Gasteiger partial charge in [-0.15, -0.1) is 5.10 Å². The van der Waals surface area contributed by atoms with Gasteiger partial charge in [0.15, 0.2) is 0 Å². The summed E-state index contributed by atoms with van der Waals surface area (Å²) in [6, 6.07) is 26.9. The number of ether oxygens (including phenoxy) is 2. The number of para-hydroxylation sites is 1. The minimum absolute atomic E-state index is 0.125. The molecule has 3 aromatic carbocycles. The van der Waals surface area contributed by atoms with Crippen LogP contribution in [0.5, 0.6) is 11.5 Å². The Morgan fingerprint density at radius 2 is 1.56 bits per heavy atom. The van der Waals surface area contributed by atoms with Crippen LogP contribution in [-0.4, -0.2) is 41.2 Å². The molecule has 162 valence electrons. The second-order valence-electron chi connectivity index (χ2n) is 7.05. The molecule has 1 aromatic heterocycles. The van der Waals surface area contributed by atoms with E-state index >= 15 is 0 Å². The number of methoxy groups -OCH3 is 1. The topological polar surface area (TPSA) is 78.3 Å². The van der Waals surface area contributed by atoms with Gasteiger partial charge in [0.1, 0.15) is 23.8 Å². The largest absolute Gasteiger partial charge is 0.497 e. The zero-order valence-corrected chi connectivity index (χ0v) is 17.8. The van der Waals surface area contributed by atoms with Crippen molar-refractivity contribution in [2.75, 3.05) is 20.3 Å². The molecular weight excluding hydrogens is 404 g/mol. The number of amides is 1. The molecule has 0 aliphatic rings. The predicted molar refractivity (Wildman–Crippen MR) is 122 cm³/mol. The number of hydrogen-bond acceptors (Lipinski definition) is 5. The molecule has 7 heteroatoms. The number of hydrogen-bond donors (Lipinski definition) is 1. The summed E-state index contributed by atoms with van der Waals surface area (Å²) in [4.78, 5) is 12.6. The van der Waals surface area contributed by atoms with Gasteiger partial charge in [-0.05, 0) is 36.4 Å². The molecule has 0 bridgehead atoms. The van der Waals surface area contributed by atoms with Gasteiger partial charge < -0.3 is 14.8 Å². The van der Waals surface area contributed by atoms with E-state index < -0.39 is 0 Å². The average molecular weight is 428 g/mol. The fourth-order valence-corrected chi connectivity index (χ4v) is 3.31. The van der Waals surface area contributed by atoms with Gasteiger partial charge >= 0.3 is 0 Å². The van der Waals surface area contributed by atoms with Crippen molar-refractivity contribution in [2.24, 2.45) is 0 Å². The first-order chi connectivity index (χ1) is 15.7. The molecule has 0 fully saturated rings. The first kappa shape index (κ1) is 21.1. The SMILES string of the molecule is COc1ccc(OCCNC(=O)Cc2nnn(-c3ccccc3)c2-c2ccccc2)cc1. The maximum atomic E-state index is 12.6. The number of benzene rings is 3. The monoisotopic (exact) mass is 428 g/mol. The highest BCUT2D eigenvalue weighted by atomic mass is 16.5. The van der Waals surface area contributed by atoms with Gasteiger partial charge in [-0.2, -0.15) is 0 Å². The average Bonchev–Trinajstić information content (AvgIpc) is 3.26. The Morgan fingerprint density at radius 3 is 2.25 bits per heavy atom. The smallest absolute Gasteiger partial charge is 0.226 e. The Balaban J connectivity index is 1.41. The number of carbonyl (C=O) groups excluding carboxylic acids is 1. The third kappa shape index (κ3) is 5.13. The summed E-state index contributed by atoms with van der Waals surface area (Å²) in [6.07, 6.45) is 0.125. The highest BCUT2D eigenvalue weighted by Crippen LogP contribution is 2.25. The molecule has 0 unspecified atom stereocenters.